The van der Waals surface area contributed by atoms with Crippen molar-refractivity contribution in [2.75, 3.05) is 6.61 Å². The number of aliphatic hydroxyl groups is 1. The highest BCUT2D eigenvalue weighted by Gasteiger charge is 2.32. The molecule has 8 heteroatoms. The van der Waals surface area contributed by atoms with Crippen molar-refractivity contribution in [1.82, 2.24) is 4.57 Å². The summed E-state index contributed by atoms with van der Waals surface area (Å²) in [7, 11) is 0. The van der Waals surface area contributed by atoms with Crippen molar-refractivity contribution in [2.24, 2.45) is 5.73 Å². The average Bonchev–Trinajstić information content (AvgIpc) is 2.73. The summed E-state index contributed by atoms with van der Waals surface area (Å²) in [5.41, 5.74) is 7.56. The van der Waals surface area contributed by atoms with Crippen LogP contribution >= 0.6 is 23.2 Å². The Labute approximate surface area is 147 Å². The van der Waals surface area contributed by atoms with Gasteiger partial charge in [0.2, 0.25) is 0 Å². The fourth-order valence-corrected chi connectivity index (χ4v) is 3.33. The van der Waals surface area contributed by atoms with Crippen molar-refractivity contribution in [3.05, 3.63) is 50.8 Å². The molecule has 0 aliphatic rings. The Bertz CT molecular complexity index is 734. The van der Waals surface area contributed by atoms with Gasteiger partial charge in [0.15, 0.2) is 0 Å². The average molecular weight is 381 g/mol. The van der Waals surface area contributed by atoms with E-state index in [9.17, 15) is 13.2 Å². The first-order valence-corrected chi connectivity index (χ1v) is 7.92. The third-order valence-electron chi connectivity index (χ3n) is 3.82. The van der Waals surface area contributed by atoms with Crippen molar-refractivity contribution >= 4 is 23.2 Å². The van der Waals surface area contributed by atoms with Crippen LogP contribution in [0.15, 0.2) is 18.2 Å². The second kappa shape index (κ2) is 6.96. The van der Waals surface area contributed by atoms with Crippen molar-refractivity contribution in [1.29, 1.82) is 0 Å². The summed E-state index contributed by atoms with van der Waals surface area (Å²) in [6.45, 7) is 3.44. The molecule has 132 valence electrons. The summed E-state index contributed by atoms with van der Waals surface area (Å²) in [4.78, 5) is 0. The first kappa shape index (κ1) is 19.1. The normalized spacial score (nSPS) is 13.4. The van der Waals surface area contributed by atoms with Crippen LogP contribution in [0.5, 0.6) is 0 Å². The zero-order valence-electron chi connectivity index (χ0n) is 13.1. The molecule has 0 fully saturated rings. The Morgan fingerprint density at radius 2 is 1.71 bits per heavy atom. The molecule has 0 radical (unpaired) electrons. The molecule has 2 aromatic rings. The molecule has 0 bridgehead atoms. The molecular formula is C16H17Cl2F3N2O. The van der Waals surface area contributed by atoms with Gasteiger partial charge in [0.25, 0.3) is 0 Å². The Hall–Kier alpha value is -1.21. The second-order valence-electron chi connectivity index (χ2n) is 5.66. The van der Waals surface area contributed by atoms with Crippen LogP contribution in [-0.2, 0) is 12.6 Å². The lowest BCUT2D eigenvalue weighted by Crippen LogP contribution is -2.27. The maximum atomic E-state index is 12.9. The third kappa shape index (κ3) is 3.72. The largest absolute Gasteiger partial charge is 0.416 e. The molecule has 24 heavy (non-hydrogen) atoms. The van der Waals surface area contributed by atoms with Crippen LogP contribution in [0, 0.1) is 13.8 Å². The molecule has 3 N–H and O–H groups in total. The van der Waals surface area contributed by atoms with E-state index < -0.39 is 17.8 Å². The fourth-order valence-electron chi connectivity index (χ4n) is 2.67. The summed E-state index contributed by atoms with van der Waals surface area (Å²) in [5.74, 6) is 0. The van der Waals surface area contributed by atoms with Crippen molar-refractivity contribution < 1.29 is 18.3 Å². The van der Waals surface area contributed by atoms with Gasteiger partial charge in [-0.2, -0.15) is 13.2 Å². The lowest BCUT2D eigenvalue weighted by Gasteiger charge is -2.17. The molecule has 0 aliphatic carbocycles. The maximum Gasteiger partial charge on any atom is 0.416 e. The number of aryl methyl sites for hydroxylation is 1. The lowest BCUT2D eigenvalue weighted by molar-refractivity contribution is -0.137. The van der Waals surface area contributed by atoms with E-state index in [1.165, 1.54) is 0 Å². The number of benzene rings is 1. The molecule has 3 nitrogen and oxygen atoms in total. The van der Waals surface area contributed by atoms with Gasteiger partial charge in [0, 0.05) is 17.4 Å². The summed E-state index contributed by atoms with van der Waals surface area (Å²) in [5, 5.41) is 8.92. The van der Waals surface area contributed by atoms with E-state index in [-0.39, 0.29) is 16.7 Å². The number of aromatic nitrogens is 1. The number of aliphatic hydroxyl groups excluding tert-OH is 1. The molecule has 1 aromatic heterocycles. The molecule has 0 amide bonds. The van der Waals surface area contributed by atoms with Gasteiger partial charge in [-0.25, -0.2) is 0 Å². The highest BCUT2D eigenvalue weighted by atomic mass is 35.5. The van der Waals surface area contributed by atoms with E-state index >= 15 is 0 Å². The first-order chi connectivity index (χ1) is 11.1. The Morgan fingerprint density at radius 1 is 1.17 bits per heavy atom. The Balaban J connectivity index is 2.57. The van der Waals surface area contributed by atoms with Gasteiger partial charge in [-0.15, -0.1) is 0 Å². The lowest BCUT2D eigenvalue weighted by atomic mass is 10.1. The number of nitrogens with zero attached hydrogens (tertiary/aromatic N) is 1. The van der Waals surface area contributed by atoms with Gasteiger partial charge in [0.05, 0.1) is 27.9 Å². The number of alkyl halides is 3. The van der Waals surface area contributed by atoms with Crippen LogP contribution in [0.2, 0.25) is 10.0 Å². The van der Waals surface area contributed by atoms with Gasteiger partial charge in [-0.05, 0) is 44.0 Å². The predicted molar refractivity (Wildman–Crippen MR) is 89.0 cm³/mol. The van der Waals surface area contributed by atoms with Crippen molar-refractivity contribution in [3.8, 4) is 5.69 Å². The molecule has 1 heterocycles. The number of hydrogen-bond acceptors (Lipinski definition) is 2. The number of nitrogens with two attached hydrogens (primary N) is 1. The summed E-state index contributed by atoms with van der Waals surface area (Å²) in [6.07, 6.45) is -4.09. The summed E-state index contributed by atoms with van der Waals surface area (Å²) < 4.78 is 40.3. The van der Waals surface area contributed by atoms with Gasteiger partial charge in [0.1, 0.15) is 0 Å². The van der Waals surface area contributed by atoms with Gasteiger partial charge < -0.3 is 15.4 Å². The molecule has 1 unspecified atom stereocenters. The van der Waals surface area contributed by atoms with E-state index in [0.717, 1.165) is 29.1 Å². The quantitative estimate of drug-likeness (QED) is 0.831. The van der Waals surface area contributed by atoms with Crippen LogP contribution < -0.4 is 5.73 Å². The van der Waals surface area contributed by atoms with Crippen LogP contribution in [0.1, 0.15) is 22.5 Å². The standard InChI is InChI=1S/C16H17Cl2F3N2O/c1-8-3-10(4-12(22)7-24)9(2)23(8)15-13(17)5-11(6-14(15)18)16(19,20)21/h3,5-6,12,24H,4,7,22H2,1-2H3. The molecule has 2 rings (SSSR count). The zero-order valence-corrected chi connectivity index (χ0v) is 14.6. The molecule has 1 atom stereocenters. The SMILES string of the molecule is Cc1cc(CC(N)CO)c(C)n1-c1c(Cl)cc(C(F)(F)F)cc1Cl. The minimum Gasteiger partial charge on any atom is -0.395 e. The molecule has 0 saturated heterocycles. The van der Waals surface area contributed by atoms with E-state index in [2.05, 4.69) is 0 Å². The molecule has 0 saturated carbocycles. The van der Waals surface area contributed by atoms with E-state index in [1.54, 1.807) is 18.4 Å². The fraction of sp³-hybridized carbons (Fsp3) is 0.375. The van der Waals surface area contributed by atoms with Crippen molar-refractivity contribution in [2.45, 2.75) is 32.5 Å². The van der Waals surface area contributed by atoms with Crippen LogP contribution in [-0.4, -0.2) is 22.3 Å². The molecular weight excluding hydrogens is 364 g/mol. The zero-order chi connectivity index (χ0) is 18.2. The summed E-state index contributed by atoms with van der Waals surface area (Å²) >= 11 is 12.2. The van der Waals surface area contributed by atoms with Crippen molar-refractivity contribution in [3.63, 3.8) is 0 Å². The summed E-state index contributed by atoms with van der Waals surface area (Å²) in [6, 6.07) is 3.16. The highest BCUT2D eigenvalue weighted by molar-refractivity contribution is 6.38. The monoisotopic (exact) mass is 380 g/mol. The van der Waals surface area contributed by atoms with E-state index in [4.69, 9.17) is 34.0 Å². The highest BCUT2D eigenvalue weighted by Crippen LogP contribution is 2.39. The van der Waals surface area contributed by atoms with Crippen LogP contribution in [0.4, 0.5) is 13.2 Å². The molecule has 0 aliphatic heterocycles. The minimum absolute atomic E-state index is 0.0883. The number of rotatable bonds is 4. The second-order valence-corrected chi connectivity index (χ2v) is 6.48. The minimum atomic E-state index is -4.52. The number of hydrogen-bond donors (Lipinski definition) is 2. The molecule has 0 spiro atoms. The first-order valence-electron chi connectivity index (χ1n) is 7.17. The smallest absolute Gasteiger partial charge is 0.395 e. The van der Waals surface area contributed by atoms with Crippen LogP contribution in [0.25, 0.3) is 5.69 Å². The van der Waals surface area contributed by atoms with E-state index in [0.29, 0.717) is 12.1 Å². The maximum absolute atomic E-state index is 12.9. The van der Waals surface area contributed by atoms with Crippen LogP contribution in [0.3, 0.4) is 0 Å². The van der Waals surface area contributed by atoms with Gasteiger partial charge in [-0.3, -0.25) is 0 Å². The predicted octanol–water partition coefficient (Wildman–Crippen LogP) is 4.28. The van der Waals surface area contributed by atoms with Gasteiger partial charge in [-0.1, -0.05) is 23.2 Å². The topological polar surface area (TPSA) is 51.2 Å². The Kier molecular flexibility index (Phi) is 5.54. The van der Waals surface area contributed by atoms with Gasteiger partial charge >= 0.3 is 6.18 Å². The third-order valence-corrected chi connectivity index (χ3v) is 4.40. The van der Waals surface area contributed by atoms with E-state index in [1.807, 2.05) is 6.07 Å². The Morgan fingerprint density at radius 3 is 2.17 bits per heavy atom. The molecule has 1 aromatic carbocycles. The number of halogens is 5.